The molecule has 1 atom stereocenters. The third-order valence-electron chi connectivity index (χ3n) is 4.33. The molecule has 27 heavy (non-hydrogen) atoms. The number of benzene rings is 1. The molecule has 0 radical (unpaired) electrons. The zero-order chi connectivity index (χ0) is 19.0. The first kappa shape index (κ1) is 17.3. The largest absolute Gasteiger partial charge is 0.463 e. The molecule has 1 unspecified atom stereocenters. The number of hydrogen-bond acceptors (Lipinski definition) is 5. The highest BCUT2D eigenvalue weighted by molar-refractivity contribution is 6.30. The van der Waals surface area contributed by atoms with Gasteiger partial charge in [0.15, 0.2) is 5.76 Å². The molecule has 3 heterocycles. The van der Waals surface area contributed by atoms with Gasteiger partial charge in [-0.2, -0.15) is 0 Å². The van der Waals surface area contributed by atoms with E-state index in [1.807, 2.05) is 25.1 Å². The number of aryl methyl sites for hydroxylation is 1. The number of hydrogen-bond donors (Lipinski definition) is 1. The van der Waals surface area contributed by atoms with Gasteiger partial charge in [0.25, 0.3) is 11.6 Å². The van der Waals surface area contributed by atoms with E-state index in [9.17, 15) is 4.79 Å². The zero-order valence-electron chi connectivity index (χ0n) is 14.7. The second kappa shape index (κ2) is 6.89. The minimum atomic E-state index is -0.256. The van der Waals surface area contributed by atoms with Crippen LogP contribution < -0.4 is 5.32 Å². The lowest BCUT2D eigenvalue weighted by atomic mass is 10.1. The summed E-state index contributed by atoms with van der Waals surface area (Å²) in [6, 6.07) is 12.4. The third kappa shape index (κ3) is 3.31. The lowest BCUT2D eigenvalue weighted by molar-refractivity contribution is 0.0941. The Morgan fingerprint density at radius 1 is 1.22 bits per heavy atom. The molecule has 3 aromatic heterocycles. The first-order valence-corrected chi connectivity index (χ1v) is 8.78. The Bertz CT molecular complexity index is 1120. The SMILES string of the molecule is Cc1noc2nc(-c3ccco3)cc(C(=O)NC(C)c3cccc(Cl)c3)c12. The van der Waals surface area contributed by atoms with Crippen molar-refractivity contribution in [3.05, 3.63) is 70.6 Å². The highest BCUT2D eigenvalue weighted by Crippen LogP contribution is 2.28. The van der Waals surface area contributed by atoms with Crippen molar-refractivity contribution in [1.82, 2.24) is 15.5 Å². The van der Waals surface area contributed by atoms with Crippen LogP contribution in [0.4, 0.5) is 0 Å². The van der Waals surface area contributed by atoms with Gasteiger partial charge in [0.05, 0.1) is 28.9 Å². The Balaban J connectivity index is 1.73. The van der Waals surface area contributed by atoms with Crippen LogP contribution in [0.1, 0.15) is 34.6 Å². The van der Waals surface area contributed by atoms with Crippen molar-refractivity contribution in [3.8, 4) is 11.5 Å². The predicted molar refractivity (Wildman–Crippen MR) is 102 cm³/mol. The van der Waals surface area contributed by atoms with Gasteiger partial charge in [-0.05, 0) is 49.7 Å². The highest BCUT2D eigenvalue weighted by Gasteiger charge is 2.21. The molecule has 0 aliphatic carbocycles. The van der Waals surface area contributed by atoms with Crippen LogP contribution in [0.15, 0.2) is 57.7 Å². The molecule has 6 nitrogen and oxygen atoms in total. The first-order valence-electron chi connectivity index (χ1n) is 8.40. The Kier molecular flexibility index (Phi) is 4.41. The molecule has 4 aromatic rings. The van der Waals surface area contributed by atoms with Gasteiger partial charge >= 0.3 is 0 Å². The van der Waals surface area contributed by atoms with E-state index in [-0.39, 0.29) is 11.9 Å². The molecule has 4 rings (SSSR count). The van der Waals surface area contributed by atoms with Gasteiger partial charge in [-0.1, -0.05) is 28.9 Å². The number of nitrogens with zero attached hydrogens (tertiary/aromatic N) is 2. The first-order chi connectivity index (χ1) is 13.0. The van der Waals surface area contributed by atoms with E-state index in [4.69, 9.17) is 20.5 Å². The second-order valence-corrected chi connectivity index (χ2v) is 6.67. The van der Waals surface area contributed by atoms with Crippen molar-refractivity contribution in [2.75, 3.05) is 0 Å². The van der Waals surface area contributed by atoms with Crippen LogP contribution in [0.5, 0.6) is 0 Å². The summed E-state index contributed by atoms with van der Waals surface area (Å²) in [6.07, 6.45) is 1.55. The number of nitrogens with one attached hydrogen (secondary N) is 1. The van der Waals surface area contributed by atoms with Crippen LogP contribution >= 0.6 is 11.6 Å². The Labute approximate surface area is 160 Å². The number of furan rings is 1. The zero-order valence-corrected chi connectivity index (χ0v) is 15.4. The van der Waals surface area contributed by atoms with E-state index in [2.05, 4.69) is 15.5 Å². The number of halogens is 1. The quantitative estimate of drug-likeness (QED) is 0.541. The van der Waals surface area contributed by atoms with E-state index in [0.29, 0.717) is 38.8 Å². The van der Waals surface area contributed by atoms with Crippen LogP contribution in [0.2, 0.25) is 5.02 Å². The average molecular weight is 382 g/mol. The van der Waals surface area contributed by atoms with E-state index in [1.165, 1.54) is 0 Å². The number of fused-ring (bicyclic) bond motifs is 1. The summed E-state index contributed by atoms with van der Waals surface area (Å²) >= 11 is 6.05. The summed E-state index contributed by atoms with van der Waals surface area (Å²) in [5.41, 5.74) is 2.74. The van der Waals surface area contributed by atoms with E-state index in [0.717, 1.165) is 5.56 Å². The molecule has 0 aliphatic heterocycles. The summed E-state index contributed by atoms with van der Waals surface area (Å²) in [5, 5.41) is 8.15. The number of aromatic nitrogens is 2. The van der Waals surface area contributed by atoms with Gasteiger partial charge in [-0.25, -0.2) is 4.98 Å². The maximum absolute atomic E-state index is 13.0. The molecule has 1 amide bonds. The molecule has 7 heteroatoms. The molecule has 0 bridgehead atoms. The minimum absolute atomic E-state index is 0.230. The van der Waals surface area contributed by atoms with Crippen molar-refractivity contribution in [2.24, 2.45) is 0 Å². The average Bonchev–Trinajstić information content (AvgIpc) is 3.31. The fourth-order valence-corrected chi connectivity index (χ4v) is 3.16. The van der Waals surface area contributed by atoms with E-state index < -0.39 is 0 Å². The monoisotopic (exact) mass is 381 g/mol. The van der Waals surface area contributed by atoms with Gasteiger partial charge in [0.2, 0.25) is 0 Å². The summed E-state index contributed by atoms with van der Waals surface area (Å²) < 4.78 is 10.7. The number of carbonyl (C=O) groups is 1. The number of pyridine rings is 1. The van der Waals surface area contributed by atoms with Crippen molar-refractivity contribution in [3.63, 3.8) is 0 Å². The van der Waals surface area contributed by atoms with E-state index in [1.54, 1.807) is 37.5 Å². The van der Waals surface area contributed by atoms with Crippen LogP contribution in [0.25, 0.3) is 22.6 Å². The van der Waals surface area contributed by atoms with Crippen LogP contribution in [0.3, 0.4) is 0 Å². The molecule has 0 saturated heterocycles. The Morgan fingerprint density at radius 3 is 2.81 bits per heavy atom. The predicted octanol–water partition coefficient (Wildman–Crippen LogP) is 4.94. The summed E-state index contributed by atoms with van der Waals surface area (Å²) in [6.45, 7) is 3.67. The molecular formula is C20H16ClN3O3. The second-order valence-electron chi connectivity index (χ2n) is 6.23. The van der Waals surface area contributed by atoms with Gasteiger partial charge in [-0.3, -0.25) is 4.79 Å². The van der Waals surface area contributed by atoms with Crippen LogP contribution in [-0.4, -0.2) is 16.0 Å². The lowest BCUT2D eigenvalue weighted by Gasteiger charge is -2.15. The lowest BCUT2D eigenvalue weighted by Crippen LogP contribution is -2.27. The Hall–Kier alpha value is -3.12. The van der Waals surface area contributed by atoms with Crippen molar-refractivity contribution in [1.29, 1.82) is 0 Å². The maximum Gasteiger partial charge on any atom is 0.259 e. The Morgan fingerprint density at radius 2 is 2.07 bits per heavy atom. The van der Waals surface area contributed by atoms with E-state index >= 15 is 0 Å². The fraction of sp³-hybridized carbons (Fsp3) is 0.150. The number of carbonyl (C=O) groups excluding carboxylic acids is 1. The molecule has 0 aliphatic rings. The molecular weight excluding hydrogens is 366 g/mol. The van der Waals surface area contributed by atoms with Gasteiger partial charge in [0, 0.05) is 5.02 Å². The molecule has 0 spiro atoms. The molecule has 1 aromatic carbocycles. The van der Waals surface area contributed by atoms with Crippen LogP contribution in [-0.2, 0) is 0 Å². The van der Waals surface area contributed by atoms with Crippen molar-refractivity contribution >= 4 is 28.6 Å². The molecule has 0 fully saturated rings. The summed E-state index contributed by atoms with van der Waals surface area (Å²) in [7, 11) is 0. The number of rotatable bonds is 4. The molecule has 1 N–H and O–H groups in total. The standard InChI is InChI=1S/C20H16ClN3O3/c1-11(13-5-3-6-14(21)9-13)22-19(25)15-10-16(17-7-4-8-26-17)23-20-18(15)12(2)24-27-20/h3-11H,1-2H3,(H,22,25). The fourth-order valence-electron chi connectivity index (χ4n) is 2.96. The topological polar surface area (TPSA) is 81.2 Å². The van der Waals surface area contributed by atoms with Crippen LogP contribution in [0, 0.1) is 6.92 Å². The summed E-state index contributed by atoms with van der Waals surface area (Å²) in [4.78, 5) is 17.4. The van der Waals surface area contributed by atoms with Gasteiger partial charge in [0.1, 0.15) is 5.69 Å². The highest BCUT2D eigenvalue weighted by atomic mass is 35.5. The van der Waals surface area contributed by atoms with Gasteiger partial charge in [-0.15, -0.1) is 0 Å². The minimum Gasteiger partial charge on any atom is -0.463 e. The summed E-state index contributed by atoms with van der Waals surface area (Å²) in [5.74, 6) is 0.289. The van der Waals surface area contributed by atoms with Crippen molar-refractivity contribution < 1.29 is 13.7 Å². The van der Waals surface area contributed by atoms with Crippen molar-refractivity contribution in [2.45, 2.75) is 19.9 Å². The third-order valence-corrected chi connectivity index (χ3v) is 4.57. The smallest absolute Gasteiger partial charge is 0.259 e. The number of amides is 1. The molecule has 136 valence electrons. The maximum atomic E-state index is 13.0. The molecule has 0 saturated carbocycles. The normalized spacial score (nSPS) is 12.3. The van der Waals surface area contributed by atoms with Gasteiger partial charge < -0.3 is 14.3 Å².